The van der Waals surface area contributed by atoms with Gasteiger partial charge in [-0.2, -0.15) is 0 Å². The van der Waals surface area contributed by atoms with Gasteiger partial charge in [0.1, 0.15) is 11.5 Å². The van der Waals surface area contributed by atoms with Crippen molar-refractivity contribution in [2.75, 3.05) is 21.3 Å². The smallest absolute Gasteiger partial charge is 0.274 e. The number of halogens is 1. The first-order valence-corrected chi connectivity index (χ1v) is 7.96. The lowest BCUT2D eigenvalue weighted by Crippen LogP contribution is -2.36. The van der Waals surface area contributed by atoms with Crippen molar-refractivity contribution in [3.05, 3.63) is 63.7 Å². The third-order valence-corrected chi connectivity index (χ3v) is 3.80. The molecule has 9 heteroatoms. The maximum Gasteiger partial charge on any atom is 0.274 e. The van der Waals surface area contributed by atoms with Gasteiger partial charge >= 0.3 is 0 Å². The zero-order valence-corrected chi connectivity index (χ0v) is 17.7. The maximum absolute atomic E-state index is 11.1. The first-order valence-electron chi connectivity index (χ1n) is 7.96. The predicted octanol–water partition coefficient (Wildman–Crippen LogP) is 3.10. The van der Waals surface area contributed by atoms with E-state index in [1.165, 1.54) is 6.07 Å². The molecule has 2 aromatic carbocycles. The van der Waals surface area contributed by atoms with E-state index in [-0.39, 0.29) is 36.2 Å². The molecule has 0 aliphatic heterocycles. The fraction of sp³-hybridized carbons (Fsp3) is 0.278. The normalized spacial score (nSPS) is 10.6. The molecule has 0 saturated heterocycles. The average molecular weight is 486 g/mol. The van der Waals surface area contributed by atoms with Crippen LogP contribution in [0.25, 0.3) is 0 Å². The second-order valence-corrected chi connectivity index (χ2v) is 5.34. The van der Waals surface area contributed by atoms with E-state index in [9.17, 15) is 10.1 Å². The van der Waals surface area contributed by atoms with E-state index in [0.717, 1.165) is 5.56 Å². The molecule has 27 heavy (non-hydrogen) atoms. The van der Waals surface area contributed by atoms with Crippen molar-refractivity contribution in [1.82, 2.24) is 10.6 Å². The van der Waals surface area contributed by atoms with Crippen LogP contribution in [0.15, 0.2) is 47.5 Å². The van der Waals surface area contributed by atoms with Crippen LogP contribution in [0, 0.1) is 10.1 Å². The van der Waals surface area contributed by atoms with Crippen molar-refractivity contribution in [3.63, 3.8) is 0 Å². The topological polar surface area (TPSA) is 98.0 Å². The Balaban J connectivity index is 0.00000364. The van der Waals surface area contributed by atoms with Gasteiger partial charge in [0.2, 0.25) is 0 Å². The minimum Gasteiger partial charge on any atom is -0.497 e. The molecule has 0 aliphatic carbocycles. The molecule has 8 nitrogen and oxygen atoms in total. The summed E-state index contributed by atoms with van der Waals surface area (Å²) in [4.78, 5) is 14.8. The number of benzene rings is 2. The number of guanidine groups is 1. The Labute approximate surface area is 175 Å². The standard InChI is InChI=1S/C18H22N4O4.HI/c1-19-18(20-11-13-6-4-5-7-16(13)22(23)24)21-12-14-8-9-15(25-2)10-17(14)26-3;/h4-10H,11-12H2,1-3H3,(H2,19,20,21);1H. The summed E-state index contributed by atoms with van der Waals surface area (Å²) in [6.45, 7) is 0.764. The SMILES string of the molecule is CN=C(NCc1ccc(OC)cc1OC)NCc1ccccc1[N+](=O)[O-].I. The molecule has 0 saturated carbocycles. The van der Waals surface area contributed by atoms with E-state index >= 15 is 0 Å². The van der Waals surface area contributed by atoms with Crippen molar-refractivity contribution in [3.8, 4) is 11.5 Å². The predicted molar refractivity (Wildman–Crippen MR) is 115 cm³/mol. The molecular weight excluding hydrogens is 463 g/mol. The lowest BCUT2D eigenvalue weighted by molar-refractivity contribution is -0.385. The Hall–Kier alpha value is -2.56. The molecule has 0 fully saturated rings. The fourth-order valence-corrected chi connectivity index (χ4v) is 2.41. The fourth-order valence-electron chi connectivity index (χ4n) is 2.41. The van der Waals surface area contributed by atoms with Gasteiger partial charge in [0.25, 0.3) is 5.69 Å². The summed E-state index contributed by atoms with van der Waals surface area (Å²) in [5.74, 6) is 1.94. The highest BCUT2D eigenvalue weighted by Gasteiger charge is 2.12. The van der Waals surface area contributed by atoms with Crippen LogP contribution in [0.5, 0.6) is 11.5 Å². The number of hydrogen-bond acceptors (Lipinski definition) is 5. The van der Waals surface area contributed by atoms with Gasteiger partial charge in [0, 0.05) is 43.4 Å². The number of aliphatic imine (C=N–C) groups is 1. The van der Waals surface area contributed by atoms with E-state index in [0.29, 0.717) is 29.6 Å². The minimum absolute atomic E-state index is 0. The molecular formula is C18H23IN4O4. The molecule has 0 aliphatic rings. The second kappa shape index (κ2) is 11.2. The number of para-hydroxylation sites is 1. The summed E-state index contributed by atoms with van der Waals surface area (Å²) >= 11 is 0. The molecule has 0 bridgehead atoms. The Kier molecular flexibility index (Phi) is 9.34. The summed E-state index contributed by atoms with van der Waals surface area (Å²) in [5.41, 5.74) is 1.59. The average Bonchev–Trinajstić information content (AvgIpc) is 2.68. The van der Waals surface area contributed by atoms with Crippen LogP contribution in [-0.2, 0) is 13.1 Å². The molecule has 0 unspecified atom stereocenters. The number of methoxy groups -OCH3 is 2. The molecule has 0 spiro atoms. The van der Waals surface area contributed by atoms with Gasteiger partial charge in [-0.25, -0.2) is 0 Å². The summed E-state index contributed by atoms with van der Waals surface area (Å²) in [5, 5.41) is 17.3. The summed E-state index contributed by atoms with van der Waals surface area (Å²) in [6, 6.07) is 12.2. The van der Waals surface area contributed by atoms with Crippen LogP contribution in [0.3, 0.4) is 0 Å². The molecule has 0 aromatic heterocycles. The van der Waals surface area contributed by atoms with Crippen LogP contribution in [0.2, 0.25) is 0 Å². The van der Waals surface area contributed by atoms with Crippen LogP contribution < -0.4 is 20.1 Å². The Morgan fingerprint density at radius 3 is 2.33 bits per heavy atom. The summed E-state index contributed by atoms with van der Waals surface area (Å²) in [6.07, 6.45) is 0. The molecule has 2 rings (SSSR count). The zero-order valence-electron chi connectivity index (χ0n) is 15.4. The number of nitrogens with zero attached hydrogens (tertiary/aromatic N) is 2. The molecule has 0 amide bonds. The highest BCUT2D eigenvalue weighted by atomic mass is 127. The van der Waals surface area contributed by atoms with Gasteiger partial charge in [-0.1, -0.05) is 18.2 Å². The van der Waals surface area contributed by atoms with Gasteiger partial charge in [0.05, 0.1) is 19.1 Å². The van der Waals surface area contributed by atoms with Gasteiger partial charge < -0.3 is 20.1 Å². The maximum atomic E-state index is 11.1. The van der Waals surface area contributed by atoms with Crippen LogP contribution >= 0.6 is 24.0 Å². The van der Waals surface area contributed by atoms with Crippen molar-refractivity contribution < 1.29 is 14.4 Å². The van der Waals surface area contributed by atoms with E-state index < -0.39 is 4.92 Å². The highest BCUT2D eigenvalue weighted by molar-refractivity contribution is 14.0. The van der Waals surface area contributed by atoms with Gasteiger partial charge in [0.15, 0.2) is 5.96 Å². The first-order chi connectivity index (χ1) is 12.6. The minimum atomic E-state index is -0.393. The second-order valence-electron chi connectivity index (χ2n) is 5.34. The number of rotatable bonds is 7. The molecule has 2 aromatic rings. The van der Waals surface area contributed by atoms with Crippen LogP contribution in [-0.4, -0.2) is 32.2 Å². The highest BCUT2D eigenvalue weighted by Crippen LogP contribution is 2.24. The lowest BCUT2D eigenvalue weighted by Gasteiger charge is -2.14. The quantitative estimate of drug-likeness (QED) is 0.205. The lowest BCUT2D eigenvalue weighted by atomic mass is 10.2. The number of hydrogen-bond donors (Lipinski definition) is 2. The van der Waals surface area contributed by atoms with E-state index in [1.807, 2.05) is 12.1 Å². The van der Waals surface area contributed by atoms with Gasteiger partial charge in [-0.15, -0.1) is 24.0 Å². The van der Waals surface area contributed by atoms with Crippen molar-refractivity contribution in [2.24, 2.45) is 4.99 Å². The van der Waals surface area contributed by atoms with Crippen molar-refractivity contribution in [2.45, 2.75) is 13.1 Å². The van der Waals surface area contributed by atoms with Crippen LogP contribution in [0.4, 0.5) is 5.69 Å². The Bertz CT molecular complexity index is 799. The number of nitro groups is 1. The third kappa shape index (κ3) is 6.27. The monoisotopic (exact) mass is 486 g/mol. The van der Waals surface area contributed by atoms with E-state index in [2.05, 4.69) is 15.6 Å². The molecule has 0 radical (unpaired) electrons. The molecule has 0 heterocycles. The molecule has 146 valence electrons. The van der Waals surface area contributed by atoms with Gasteiger partial charge in [-0.05, 0) is 12.1 Å². The first kappa shape index (κ1) is 22.5. The molecule has 0 atom stereocenters. The number of nitrogens with one attached hydrogen (secondary N) is 2. The van der Waals surface area contributed by atoms with E-state index in [4.69, 9.17) is 9.47 Å². The summed E-state index contributed by atoms with van der Waals surface area (Å²) < 4.78 is 10.6. The summed E-state index contributed by atoms with van der Waals surface area (Å²) in [7, 11) is 4.83. The molecule has 2 N–H and O–H groups in total. The van der Waals surface area contributed by atoms with Crippen molar-refractivity contribution >= 4 is 35.6 Å². The largest absolute Gasteiger partial charge is 0.497 e. The van der Waals surface area contributed by atoms with E-state index in [1.54, 1.807) is 45.5 Å². The van der Waals surface area contributed by atoms with Gasteiger partial charge in [-0.3, -0.25) is 15.1 Å². The Morgan fingerprint density at radius 2 is 1.74 bits per heavy atom. The number of nitro benzene ring substituents is 1. The Morgan fingerprint density at radius 1 is 1.07 bits per heavy atom. The zero-order chi connectivity index (χ0) is 18.9. The number of ether oxygens (including phenoxy) is 2. The van der Waals surface area contributed by atoms with Crippen molar-refractivity contribution in [1.29, 1.82) is 0 Å². The third-order valence-electron chi connectivity index (χ3n) is 3.80. The van der Waals surface area contributed by atoms with Crippen LogP contribution in [0.1, 0.15) is 11.1 Å².